The van der Waals surface area contributed by atoms with Crippen LogP contribution in [0.15, 0.2) is 18.5 Å². The van der Waals surface area contributed by atoms with E-state index in [4.69, 9.17) is 21.8 Å². The summed E-state index contributed by atoms with van der Waals surface area (Å²) in [5.74, 6) is -1.51. The molecule has 1 rings (SSSR count). The number of hydrogen-bond acceptors (Lipinski definition) is 4. The smallest absolute Gasteiger partial charge is 0.335 e. The third kappa shape index (κ3) is 2.20. The van der Waals surface area contributed by atoms with Gasteiger partial charge in [0.2, 0.25) is 0 Å². The predicted octanol–water partition coefficient (Wildman–Crippen LogP) is 0.214. The van der Waals surface area contributed by atoms with Crippen molar-refractivity contribution in [3.8, 4) is 0 Å². The normalized spacial score (nSPS) is 14.8. The van der Waals surface area contributed by atoms with Crippen LogP contribution in [0.1, 0.15) is 11.7 Å². The second-order valence-electron chi connectivity index (χ2n) is 2.63. The fourth-order valence-electron chi connectivity index (χ4n) is 0.931. The first kappa shape index (κ1) is 10.9. The van der Waals surface area contributed by atoms with Crippen LogP contribution < -0.4 is 0 Å². The van der Waals surface area contributed by atoms with Crippen LogP contribution in [0.2, 0.25) is 5.02 Å². The summed E-state index contributed by atoms with van der Waals surface area (Å²) >= 11 is 5.64. The number of aliphatic hydroxyl groups excluding tert-OH is 2. The van der Waals surface area contributed by atoms with E-state index in [9.17, 15) is 9.90 Å². The van der Waals surface area contributed by atoms with Crippen LogP contribution in [0.3, 0.4) is 0 Å². The minimum atomic E-state index is -1.89. The van der Waals surface area contributed by atoms with Crippen LogP contribution in [0.5, 0.6) is 0 Å². The summed E-state index contributed by atoms with van der Waals surface area (Å²) in [6, 6.07) is 1.35. The molecule has 0 bridgehead atoms. The number of aliphatic carboxylic acids is 1. The van der Waals surface area contributed by atoms with Crippen LogP contribution in [0.25, 0.3) is 0 Å². The highest BCUT2D eigenvalue weighted by Gasteiger charge is 2.26. The predicted molar refractivity (Wildman–Crippen MR) is 47.8 cm³/mol. The van der Waals surface area contributed by atoms with Crippen molar-refractivity contribution in [3.05, 3.63) is 29.0 Å². The minimum absolute atomic E-state index is 0.111. The Labute approximate surface area is 84.6 Å². The van der Waals surface area contributed by atoms with Gasteiger partial charge in [-0.2, -0.15) is 0 Å². The van der Waals surface area contributed by atoms with Gasteiger partial charge in [0.05, 0.1) is 5.02 Å². The second kappa shape index (κ2) is 4.36. The highest BCUT2D eigenvalue weighted by Crippen LogP contribution is 2.23. The molecule has 1 heterocycles. The lowest BCUT2D eigenvalue weighted by Gasteiger charge is -2.14. The zero-order valence-corrected chi connectivity index (χ0v) is 7.72. The largest absolute Gasteiger partial charge is 0.479 e. The molecule has 0 aliphatic rings. The highest BCUT2D eigenvalue weighted by molar-refractivity contribution is 6.31. The Morgan fingerprint density at radius 1 is 1.50 bits per heavy atom. The Morgan fingerprint density at radius 2 is 2.14 bits per heavy atom. The number of rotatable bonds is 3. The molecule has 3 N–H and O–H groups in total. The van der Waals surface area contributed by atoms with Crippen molar-refractivity contribution >= 4 is 17.6 Å². The molecule has 0 spiro atoms. The lowest BCUT2D eigenvalue weighted by atomic mass is 10.1. The first-order valence-corrected chi connectivity index (χ1v) is 4.10. The topological polar surface area (TPSA) is 90.7 Å². The van der Waals surface area contributed by atoms with E-state index in [0.717, 1.165) is 0 Å². The molecule has 0 amide bonds. The first-order valence-electron chi connectivity index (χ1n) is 3.72. The molecule has 0 saturated carbocycles. The van der Waals surface area contributed by atoms with Gasteiger partial charge >= 0.3 is 5.97 Å². The average molecular weight is 218 g/mol. The van der Waals surface area contributed by atoms with E-state index in [0.29, 0.717) is 0 Å². The number of carboxylic acids is 1. The van der Waals surface area contributed by atoms with E-state index in [1.54, 1.807) is 0 Å². The number of halogens is 1. The minimum Gasteiger partial charge on any atom is -0.479 e. The molecule has 76 valence electrons. The summed E-state index contributed by atoms with van der Waals surface area (Å²) in [6.07, 6.45) is -0.842. The van der Waals surface area contributed by atoms with Gasteiger partial charge in [-0.25, -0.2) is 4.79 Å². The first-order chi connectivity index (χ1) is 6.54. The number of aliphatic hydroxyl groups is 2. The third-order valence-corrected chi connectivity index (χ3v) is 1.99. The second-order valence-corrected chi connectivity index (χ2v) is 3.03. The quantitative estimate of drug-likeness (QED) is 0.674. The Hall–Kier alpha value is -1.17. The van der Waals surface area contributed by atoms with Crippen molar-refractivity contribution in [2.45, 2.75) is 12.2 Å². The summed E-state index contributed by atoms with van der Waals surface area (Å²) in [5, 5.41) is 27.0. The summed E-state index contributed by atoms with van der Waals surface area (Å²) in [5.41, 5.74) is 0.136. The molecule has 6 heteroatoms. The zero-order chi connectivity index (χ0) is 10.7. The molecule has 1 aromatic heterocycles. The maximum Gasteiger partial charge on any atom is 0.335 e. The van der Waals surface area contributed by atoms with Gasteiger partial charge in [-0.1, -0.05) is 11.6 Å². The van der Waals surface area contributed by atoms with Crippen molar-refractivity contribution in [1.29, 1.82) is 0 Å². The zero-order valence-electron chi connectivity index (χ0n) is 6.96. The maximum atomic E-state index is 10.4. The van der Waals surface area contributed by atoms with Gasteiger partial charge in [0.25, 0.3) is 0 Å². The molecule has 0 saturated heterocycles. The van der Waals surface area contributed by atoms with E-state index in [1.807, 2.05) is 0 Å². The van der Waals surface area contributed by atoms with Crippen molar-refractivity contribution < 1.29 is 20.1 Å². The van der Waals surface area contributed by atoms with Gasteiger partial charge in [-0.15, -0.1) is 0 Å². The van der Waals surface area contributed by atoms with Crippen LogP contribution in [0, 0.1) is 0 Å². The number of carbonyl (C=O) groups is 1. The molecule has 5 nitrogen and oxygen atoms in total. The van der Waals surface area contributed by atoms with E-state index < -0.39 is 18.2 Å². The van der Waals surface area contributed by atoms with Gasteiger partial charge in [-0.05, 0) is 6.07 Å². The monoisotopic (exact) mass is 217 g/mol. The van der Waals surface area contributed by atoms with Crippen LogP contribution in [-0.2, 0) is 4.79 Å². The van der Waals surface area contributed by atoms with Crippen molar-refractivity contribution in [2.75, 3.05) is 0 Å². The molecule has 0 fully saturated rings. The molecule has 1 aromatic rings. The van der Waals surface area contributed by atoms with Gasteiger partial charge in [0.15, 0.2) is 6.10 Å². The highest BCUT2D eigenvalue weighted by atomic mass is 35.5. The molecule has 0 aliphatic heterocycles. The van der Waals surface area contributed by atoms with E-state index in [1.165, 1.54) is 18.5 Å². The van der Waals surface area contributed by atoms with Crippen molar-refractivity contribution in [3.63, 3.8) is 0 Å². The van der Waals surface area contributed by atoms with Crippen LogP contribution in [-0.4, -0.2) is 32.4 Å². The number of hydrogen-bond donors (Lipinski definition) is 3. The summed E-state index contributed by atoms with van der Waals surface area (Å²) in [6.45, 7) is 0. The van der Waals surface area contributed by atoms with E-state index >= 15 is 0 Å². The molecule has 0 aliphatic carbocycles. The number of aromatic nitrogens is 1. The van der Waals surface area contributed by atoms with Crippen LogP contribution in [0.4, 0.5) is 0 Å². The molecule has 0 radical (unpaired) electrons. The molecule has 2 atom stereocenters. The Kier molecular flexibility index (Phi) is 3.40. The van der Waals surface area contributed by atoms with E-state index in [2.05, 4.69) is 4.98 Å². The van der Waals surface area contributed by atoms with Crippen LogP contribution >= 0.6 is 11.6 Å². The van der Waals surface area contributed by atoms with Crippen molar-refractivity contribution in [2.24, 2.45) is 0 Å². The molecular weight excluding hydrogens is 210 g/mol. The lowest BCUT2D eigenvalue weighted by Crippen LogP contribution is -2.27. The number of nitrogens with zero attached hydrogens (tertiary/aromatic N) is 1. The summed E-state index contributed by atoms with van der Waals surface area (Å²) in [4.78, 5) is 14.0. The lowest BCUT2D eigenvalue weighted by molar-refractivity contribution is -0.153. The van der Waals surface area contributed by atoms with Gasteiger partial charge in [0, 0.05) is 18.0 Å². The Morgan fingerprint density at radius 3 is 2.64 bits per heavy atom. The number of carboxylic acid groups (broad SMARTS) is 1. The van der Waals surface area contributed by atoms with Crippen molar-refractivity contribution in [1.82, 2.24) is 4.98 Å². The van der Waals surface area contributed by atoms with Gasteiger partial charge in [-0.3, -0.25) is 4.98 Å². The van der Waals surface area contributed by atoms with Gasteiger partial charge in [0.1, 0.15) is 6.10 Å². The average Bonchev–Trinajstić information content (AvgIpc) is 2.16. The SMILES string of the molecule is O=C(O)C(O)C(O)c1ccncc1Cl. The number of pyridine rings is 1. The fraction of sp³-hybridized carbons (Fsp3) is 0.250. The van der Waals surface area contributed by atoms with Gasteiger partial charge < -0.3 is 15.3 Å². The summed E-state index contributed by atoms with van der Waals surface area (Å²) < 4.78 is 0. The molecule has 14 heavy (non-hydrogen) atoms. The third-order valence-electron chi connectivity index (χ3n) is 1.67. The summed E-state index contributed by atoms with van der Waals surface area (Å²) in [7, 11) is 0. The Bertz CT molecular complexity index is 344. The maximum absolute atomic E-state index is 10.4. The molecule has 0 aromatic carbocycles. The van der Waals surface area contributed by atoms with E-state index in [-0.39, 0.29) is 10.6 Å². The standard InChI is InChI=1S/C8H8ClNO4/c9-5-3-10-2-1-4(5)6(11)7(12)8(13)14/h1-3,6-7,11-12H,(H,13,14). The fourth-order valence-corrected chi connectivity index (χ4v) is 1.16. The Balaban J connectivity index is 2.94. The molecular formula is C8H8ClNO4. The molecule has 2 unspecified atom stereocenters.